The maximum atomic E-state index is 3.45. The van der Waals surface area contributed by atoms with Gasteiger partial charge in [-0.05, 0) is 18.4 Å². The molecule has 0 saturated heterocycles. The largest absolute Gasteiger partial charge is 0.354 e. The Labute approximate surface area is 92.5 Å². The van der Waals surface area contributed by atoms with Crippen molar-refractivity contribution in [3.8, 4) is 0 Å². The predicted octanol–water partition coefficient (Wildman–Crippen LogP) is 3.84. The number of thioether (sulfide) groups is 1. The van der Waals surface area contributed by atoms with Crippen molar-refractivity contribution >= 4 is 33.6 Å². The zero-order valence-corrected chi connectivity index (χ0v) is 9.19. The lowest BCUT2D eigenvalue weighted by molar-refractivity contribution is 1.44. The summed E-state index contributed by atoms with van der Waals surface area (Å²) in [6, 6.07) is 15.8. The molecular formula is C13H10NS. The summed E-state index contributed by atoms with van der Waals surface area (Å²) in [6.45, 7) is 0. The van der Waals surface area contributed by atoms with E-state index in [9.17, 15) is 0 Å². The normalized spacial score (nSPS) is 11.3. The van der Waals surface area contributed by atoms with Crippen LogP contribution in [-0.4, -0.2) is 11.2 Å². The number of hydrogen-bond donors (Lipinski definition) is 1. The first-order valence-corrected chi connectivity index (χ1v) is 6.08. The highest BCUT2D eigenvalue weighted by atomic mass is 32.2. The Kier molecular flexibility index (Phi) is 1.96. The molecule has 3 rings (SSSR count). The van der Waals surface area contributed by atoms with E-state index in [2.05, 4.69) is 47.6 Å². The number of aromatic amines is 1. The van der Waals surface area contributed by atoms with E-state index >= 15 is 0 Å². The smallest absolute Gasteiger partial charge is 0.0609 e. The van der Waals surface area contributed by atoms with E-state index in [1.165, 1.54) is 26.7 Å². The first kappa shape index (κ1) is 8.86. The zero-order chi connectivity index (χ0) is 10.3. The fraction of sp³-hybridized carbons (Fsp3) is 0.0769. The molecule has 1 heterocycles. The van der Waals surface area contributed by atoms with Gasteiger partial charge in [0, 0.05) is 21.2 Å². The minimum absolute atomic E-state index is 1.18. The van der Waals surface area contributed by atoms with E-state index in [1.807, 2.05) is 6.07 Å². The third-order valence-electron chi connectivity index (χ3n) is 2.64. The van der Waals surface area contributed by atoms with Crippen LogP contribution < -0.4 is 0 Å². The Morgan fingerprint density at radius 2 is 2.00 bits per heavy atom. The second-order valence-electron chi connectivity index (χ2n) is 3.47. The van der Waals surface area contributed by atoms with E-state index in [4.69, 9.17) is 0 Å². The second kappa shape index (κ2) is 3.31. The molecule has 15 heavy (non-hydrogen) atoms. The molecule has 0 unspecified atom stereocenters. The van der Waals surface area contributed by atoms with Crippen LogP contribution in [0.15, 0.2) is 41.3 Å². The summed E-state index contributed by atoms with van der Waals surface area (Å²) in [7, 11) is 0. The number of nitrogens with one attached hydrogen (secondary N) is 1. The Morgan fingerprint density at radius 1 is 1.13 bits per heavy atom. The molecule has 1 nitrogen and oxygen atoms in total. The molecule has 0 bridgehead atoms. The van der Waals surface area contributed by atoms with Crippen LogP contribution in [0.3, 0.4) is 0 Å². The van der Waals surface area contributed by atoms with Gasteiger partial charge in [0.2, 0.25) is 0 Å². The predicted molar refractivity (Wildman–Crippen MR) is 66.4 cm³/mol. The minimum atomic E-state index is 1.18. The number of aromatic nitrogens is 1. The van der Waals surface area contributed by atoms with Crippen molar-refractivity contribution in [2.75, 3.05) is 6.26 Å². The highest BCUT2D eigenvalue weighted by Gasteiger charge is 2.06. The highest BCUT2D eigenvalue weighted by Crippen LogP contribution is 2.30. The molecule has 2 aromatic carbocycles. The molecule has 1 radical (unpaired) electrons. The fourth-order valence-corrected chi connectivity index (χ4v) is 2.50. The summed E-state index contributed by atoms with van der Waals surface area (Å²) in [5.41, 5.74) is 2.40. The molecule has 73 valence electrons. The first-order valence-electron chi connectivity index (χ1n) is 4.85. The van der Waals surface area contributed by atoms with E-state index in [0.717, 1.165) is 0 Å². The van der Waals surface area contributed by atoms with Crippen molar-refractivity contribution in [1.29, 1.82) is 0 Å². The summed E-state index contributed by atoms with van der Waals surface area (Å²) >= 11 is 1.73. The van der Waals surface area contributed by atoms with Crippen LogP contribution in [0.25, 0.3) is 21.8 Å². The SMILES string of the molecule is CSc1[c]ccc2c1[nH]c1ccccc12. The van der Waals surface area contributed by atoms with Crippen LogP contribution in [0.4, 0.5) is 0 Å². The van der Waals surface area contributed by atoms with Gasteiger partial charge >= 0.3 is 0 Å². The summed E-state index contributed by atoms with van der Waals surface area (Å²) in [5, 5.41) is 2.57. The maximum Gasteiger partial charge on any atom is 0.0609 e. The molecule has 0 spiro atoms. The molecular weight excluding hydrogens is 202 g/mol. The van der Waals surface area contributed by atoms with Gasteiger partial charge in [-0.25, -0.2) is 0 Å². The van der Waals surface area contributed by atoms with Gasteiger partial charge in [-0.1, -0.05) is 30.3 Å². The lowest BCUT2D eigenvalue weighted by Gasteiger charge is -1.96. The van der Waals surface area contributed by atoms with Crippen LogP contribution >= 0.6 is 11.8 Å². The van der Waals surface area contributed by atoms with Crippen LogP contribution in [0, 0.1) is 6.07 Å². The van der Waals surface area contributed by atoms with Gasteiger partial charge in [0.05, 0.1) is 5.52 Å². The van der Waals surface area contributed by atoms with Crippen LogP contribution in [0.2, 0.25) is 0 Å². The van der Waals surface area contributed by atoms with Gasteiger partial charge in [-0.2, -0.15) is 0 Å². The topological polar surface area (TPSA) is 15.8 Å². The third-order valence-corrected chi connectivity index (χ3v) is 3.37. The lowest BCUT2D eigenvalue weighted by atomic mass is 10.1. The van der Waals surface area contributed by atoms with Gasteiger partial charge in [0.25, 0.3) is 0 Å². The van der Waals surface area contributed by atoms with Gasteiger partial charge in [0.15, 0.2) is 0 Å². The summed E-state index contributed by atoms with van der Waals surface area (Å²) < 4.78 is 0. The van der Waals surface area contributed by atoms with Crippen LogP contribution in [0.1, 0.15) is 0 Å². The van der Waals surface area contributed by atoms with E-state index in [1.54, 1.807) is 11.8 Å². The number of H-pyrrole nitrogens is 1. The Balaban J connectivity index is 2.53. The number of benzene rings is 2. The molecule has 0 saturated carbocycles. The van der Waals surface area contributed by atoms with Crippen molar-refractivity contribution in [2.45, 2.75) is 4.90 Å². The molecule has 0 aliphatic heterocycles. The van der Waals surface area contributed by atoms with Crippen molar-refractivity contribution in [3.05, 3.63) is 42.5 Å². The van der Waals surface area contributed by atoms with Gasteiger partial charge in [-0.15, -0.1) is 11.8 Å². The van der Waals surface area contributed by atoms with Gasteiger partial charge < -0.3 is 4.98 Å². The molecule has 2 heteroatoms. The molecule has 3 aromatic rings. The standard InChI is InChI=1S/C13H10NS/c1-15-12-8-4-6-10-9-5-2-3-7-11(9)14-13(10)12/h2-7,14H,1H3. The van der Waals surface area contributed by atoms with E-state index < -0.39 is 0 Å². The quantitative estimate of drug-likeness (QED) is 0.606. The lowest BCUT2D eigenvalue weighted by Crippen LogP contribution is -1.73. The molecule has 0 fully saturated rings. The van der Waals surface area contributed by atoms with Crippen LogP contribution in [0.5, 0.6) is 0 Å². The average molecular weight is 212 g/mol. The number of hydrogen-bond acceptors (Lipinski definition) is 1. The third kappa shape index (κ3) is 1.25. The highest BCUT2D eigenvalue weighted by molar-refractivity contribution is 7.98. The van der Waals surface area contributed by atoms with Crippen molar-refractivity contribution < 1.29 is 0 Å². The van der Waals surface area contributed by atoms with Crippen LogP contribution in [-0.2, 0) is 0 Å². The van der Waals surface area contributed by atoms with Gasteiger partial charge in [-0.3, -0.25) is 0 Å². The summed E-state index contributed by atoms with van der Waals surface area (Å²) in [6.07, 6.45) is 2.08. The first-order chi connectivity index (χ1) is 7.40. The fourth-order valence-electron chi connectivity index (χ4n) is 1.95. The Morgan fingerprint density at radius 3 is 2.87 bits per heavy atom. The van der Waals surface area contributed by atoms with Crippen molar-refractivity contribution in [2.24, 2.45) is 0 Å². The van der Waals surface area contributed by atoms with E-state index in [-0.39, 0.29) is 0 Å². The second-order valence-corrected chi connectivity index (χ2v) is 4.29. The van der Waals surface area contributed by atoms with E-state index in [0.29, 0.717) is 0 Å². The number of rotatable bonds is 1. The Bertz CT molecular complexity index is 625. The number of fused-ring (bicyclic) bond motifs is 3. The minimum Gasteiger partial charge on any atom is -0.354 e. The van der Waals surface area contributed by atoms with Crippen molar-refractivity contribution in [1.82, 2.24) is 4.98 Å². The summed E-state index contributed by atoms with van der Waals surface area (Å²) in [5.74, 6) is 0. The van der Waals surface area contributed by atoms with Gasteiger partial charge in [0.1, 0.15) is 0 Å². The Hall–Kier alpha value is -1.41. The molecule has 1 N–H and O–H groups in total. The zero-order valence-electron chi connectivity index (χ0n) is 8.37. The van der Waals surface area contributed by atoms with Crippen molar-refractivity contribution in [3.63, 3.8) is 0 Å². The maximum absolute atomic E-state index is 3.45. The number of para-hydroxylation sites is 1. The molecule has 0 amide bonds. The molecule has 0 atom stereocenters. The molecule has 0 aliphatic rings. The summed E-state index contributed by atoms with van der Waals surface area (Å²) in [4.78, 5) is 4.63. The molecule has 0 aliphatic carbocycles. The average Bonchev–Trinajstić information content (AvgIpc) is 2.67. The molecule has 1 aromatic heterocycles. The monoisotopic (exact) mass is 212 g/mol.